The van der Waals surface area contributed by atoms with E-state index in [0.717, 1.165) is 12.3 Å². The normalized spacial score (nSPS) is 18.7. The zero-order valence-electron chi connectivity index (χ0n) is 14.0. The van der Waals surface area contributed by atoms with Gasteiger partial charge in [-0.1, -0.05) is 77.1 Å². The minimum Gasteiger partial charge on any atom is -0.271 e. The predicted molar refractivity (Wildman–Crippen MR) is 91.1 cm³/mol. The first kappa shape index (κ1) is 16.5. The summed E-state index contributed by atoms with van der Waals surface area (Å²) >= 11 is 0. The highest BCUT2D eigenvalue weighted by Crippen LogP contribution is 2.28. The minimum absolute atomic E-state index is 0.228. The fourth-order valence-electron chi connectivity index (χ4n) is 3.46. The molecule has 0 amide bonds. The van der Waals surface area contributed by atoms with Crippen LogP contribution in [-0.4, -0.2) is 6.04 Å². The number of hydrazine groups is 1. The topological polar surface area (TPSA) is 38.0 Å². The van der Waals surface area contributed by atoms with Crippen molar-refractivity contribution in [1.29, 1.82) is 0 Å². The van der Waals surface area contributed by atoms with E-state index in [9.17, 15) is 0 Å². The van der Waals surface area contributed by atoms with Crippen LogP contribution in [0.3, 0.4) is 0 Å². The van der Waals surface area contributed by atoms with Crippen molar-refractivity contribution in [2.45, 2.75) is 77.2 Å². The summed E-state index contributed by atoms with van der Waals surface area (Å²) < 4.78 is 0. The Balaban J connectivity index is 1.91. The van der Waals surface area contributed by atoms with E-state index in [0.29, 0.717) is 6.04 Å². The Hall–Kier alpha value is -0.860. The second-order valence-corrected chi connectivity index (χ2v) is 7.75. The first-order chi connectivity index (χ1) is 9.99. The van der Waals surface area contributed by atoms with E-state index in [1.165, 1.54) is 49.7 Å². The molecule has 2 nitrogen and oxygen atoms in total. The van der Waals surface area contributed by atoms with Crippen molar-refractivity contribution >= 4 is 0 Å². The van der Waals surface area contributed by atoms with Crippen molar-refractivity contribution in [2.75, 3.05) is 0 Å². The Morgan fingerprint density at radius 2 is 1.71 bits per heavy atom. The molecule has 1 fully saturated rings. The SMILES string of the molecule is CC(C)(C)c1ccc(CC(CC2CCCCC2)NN)cc1. The van der Waals surface area contributed by atoms with E-state index in [1.54, 1.807) is 0 Å². The van der Waals surface area contributed by atoms with Gasteiger partial charge in [0, 0.05) is 6.04 Å². The average molecular weight is 288 g/mol. The minimum atomic E-state index is 0.228. The molecule has 21 heavy (non-hydrogen) atoms. The monoisotopic (exact) mass is 288 g/mol. The largest absolute Gasteiger partial charge is 0.271 e. The van der Waals surface area contributed by atoms with Gasteiger partial charge in [-0.25, -0.2) is 0 Å². The summed E-state index contributed by atoms with van der Waals surface area (Å²) in [6.45, 7) is 6.78. The maximum absolute atomic E-state index is 5.79. The van der Waals surface area contributed by atoms with Crippen molar-refractivity contribution < 1.29 is 0 Å². The van der Waals surface area contributed by atoms with Crippen LogP contribution < -0.4 is 11.3 Å². The zero-order chi connectivity index (χ0) is 15.3. The number of benzene rings is 1. The molecule has 2 rings (SSSR count). The van der Waals surface area contributed by atoms with Gasteiger partial charge >= 0.3 is 0 Å². The van der Waals surface area contributed by atoms with E-state index < -0.39 is 0 Å². The molecule has 1 aliphatic carbocycles. The highest BCUT2D eigenvalue weighted by Gasteiger charge is 2.19. The molecule has 1 saturated carbocycles. The standard InChI is InChI=1S/C19H32N2/c1-19(2,3)17-11-9-16(10-12-17)14-18(21-20)13-15-7-5-4-6-8-15/h9-12,15,18,21H,4-8,13-14,20H2,1-3H3. The van der Waals surface area contributed by atoms with Gasteiger partial charge < -0.3 is 0 Å². The highest BCUT2D eigenvalue weighted by atomic mass is 15.2. The van der Waals surface area contributed by atoms with Crippen LogP contribution in [0.25, 0.3) is 0 Å². The molecule has 0 aromatic heterocycles. The summed E-state index contributed by atoms with van der Waals surface area (Å²) in [6.07, 6.45) is 9.27. The van der Waals surface area contributed by atoms with Gasteiger partial charge in [-0.05, 0) is 35.3 Å². The molecule has 0 radical (unpaired) electrons. The third-order valence-corrected chi connectivity index (χ3v) is 4.88. The number of rotatable bonds is 5. The highest BCUT2D eigenvalue weighted by molar-refractivity contribution is 5.28. The van der Waals surface area contributed by atoms with Crippen LogP contribution in [0.15, 0.2) is 24.3 Å². The van der Waals surface area contributed by atoms with Crippen molar-refractivity contribution in [3.8, 4) is 0 Å². The Bertz CT molecular complexity index is 410. The molecule has 0 saturated heterocycles. The fraction of sp³-hybridized carbons (Fsp3) is 0.684. The van der Waals surface area contributed by atoms with Gasteiger partial charge in [0.15, 0.2) is 0 Å². The van der Waals surface area contributed by atoms with Crippen LogP contribution >= 0.6 is 0 Å². The Kier molecular flexibility index (Phi) is 5.83. The second kappa shape index (κ2) is 7.42. The average Bonchev–Trinajstić information content (AvgIpc) is 2.47. The molecule has 0 bridgehead atoms. The van der Waals surface area contributed by atoms with E-state index >= 15 is 0 Å². The molecule has 0 spiro atoms. The molecular weight excluding hydrogens is 256 g/mol. The van der Waals surface area contributed by atoms with Gasteiger partial charge in [-0.2, -0.15) is 0 Å². The smallest absolute Gasteiger partial charge is 0.0253 e. The summed E-state index contributed by atoms with van der Waals surface area (Å²) in [7, 11) is 0. The van der Waals surface area contributed by atoms with Crippen LogP contribution in [0.1, 0.15) is 70.4 Å². The fourth-order valence-corrected chi connectivity index (χ4v) is 3.46. The van der Waals surface area contributed by atoms with Crippen molar-refractivity contribution in [2.24, 2.45) is 11.8 Å². The maximum atomic E-state index is 5.79. The van der Waals surface area contributed by atoms with E-state index in [4.69, 9.17) is 5.84 Å². The number of nitrogens with two attached hydrogens (primary N) is 1. The van der Waals surface area contributed by atoms with Crippen molar-refractivity contribution in [3.63, 3.8) is 0 Å². The molecule has 1 atom stereocenters. The summed E-state index contributed by atoms with van der Waals surface area (Å²) in [6, 6.07) is 9.48. The molecule has 1 unspecified atom stereocenters. The lowest BCUT2D eigenvalue weighted by Crippen LogP contribution is -2.38. The molecular formula is C19H32N2. The van der Waals surface area contributed by atoms with E-state index in [2.05, 4.69) is 50.5 Å². The van der Waals surface area contributed by atoms with Gasteiger partial charge in [-0.15, -0.1) is 0 Å². The summed E-state index contributed by atoms with van der Waals surface area (Å²) in [4.78, 5) is 0. The number of nitrogens with one attached hydrogen (secondary N) is 1. The number of hydrogen-bond acceptors (Lipinski definition) is 2. The van der Waals surface area contributed by atoms with Crippen molar-refractivity contribution in [1.82, 2.24) is 5.43 Å². The van der Waals surface area contributed by atoms with Gasteiger partial charge in [-0.3, -0.25) is 11.3 Å². The van der Waals surface area contributed by atoms with Crippen molar-refractivity contribution in [3.05, 3.63) is 35.4 Å². The van der Waals surface area contributed by atoms with E-state index in [1.807, 2.05) is 0 Å². The molecule has 1 aromatic carbocycles. The molecule has 0 heterocycles. The second-order valence-electron chi connectivity index (χ2n) is 7.75. The lowest BCUT2D eigenvalue weighted by molar-refractivity contribution is 0.298. The van der Waals surface area contributed by atoms with Gasteiger partial charge in [0.25, 0.3) is 0 Å². The van der Waals surface area contributed by atoms with Gasteiger partial charge in [0.05, 0.1) is 0 Å². The maximum Gasteiger partial charge on any atom is 0.0253 e. The van der Waals surface area contributed by atoms with Gasteiger partial charge in [0.1, 0.15) is 0 Å². The number of hydrogen-bond donors (Lipinski definition) is 2. The molecule has 3 N–H and O–H groups in total. The molecule has 2 heteroatoms. The summed E-state index contributed by atoms with van der Waals surface area (Å²) in [5.41, 5.74) is 6.06. The van der Waals surface area contributed by atoms with Crippen LogP contribution in [0, 0.1) is 5.92 Å². The first-order valence-corrected chi connectivity index (χ1v) is 8.54. The Morgan fingerprint density at radius 3 is 2.24 bits per heavy atom. The lowest BCUT2D eigenvalue weighted by atomic mass is 9.83. The quantitative estimate of drug-likeness (QED) is 0.625. The third-order valence-electron chi connectivity index (χ3n) is 4.88. The van der Waals surface area contributed by atoms with E-state index in [-0.39, 0.29) is 5.41 Å². The third kappa shape index (κ3) is 5.12. The van der Waals surface area contributed by atoms with Crippen LogP contribution in [0.4, 0.5) is 0 Å². The van der Waals surface area contributed by atoms with Crippen LogP contribution in [-0.2, 0) is 11.8 Å². The summed E-state index contributed by atoms with van der Waals surface area (Å²) in [5.74, 6) is 6.66. The molecule has 1 aliphatic rings. The lowest BCUT2D eigenvalue weighted by Gasteiger charge is -2.26. The zero-order valence-corrected chi connectivity index (χ0v) is 14.0. The molecule has 0 aliphatic heterocycles. The summed E-state index contributed by atoms with van der Waals surface area (Å²) in [5, 5.41) is 0. The van der Waals surface area contributed by atoms with Crippen LogP contribution in [0.5, 0.6) is 0 Å². The first-order valence-electron chi connectivity index (χ1n) is 8.54. The molecule has 118 valence electrons. The Labute approximate surface area is 130 Å². The predicted octanol–water partition coefficient (Wildman–Crippen LogP) is 4.33. The molecule has 1 aromatic rings. The van der Waals surface area contributed by atoms with Gasteiger partial charge in [0.2, 0.25) is 0 Å². The Morgan fingerprint density at radius 1 is 1.10 bits per heavy atom. The van der Waals surface area contributed by atoms with Crippen LogP contribution in [0.2, 0.25) is 0 Å².